The molecule has 1 unspecified atom stereocenters. The Balaban J connectivity index is 2.02. The van der Waals surface area contributed by atoms with E-state index in [4.69, 9.17) is 0 Å². The molecule has 1 heterocycles. The number of hydrogen-bond acceptors (Lipinski definition) is 4. The van der Waals surface area contributed by atoms with Crippen molar-refractivity contribution in [2.45, 2.75) is 33.4 Å². The van der Waals surface area contributed by atoms with Crippen molar-refractivity contribution in [1.29, 1.82) is 0 Å². The summed E-state index contributed by atoms with van der Waals surface area (Å²) < 4.78 is 0. The lowest BCUT2D eigenvalue weighted by Crippen LogP contribution is -2.18. The van der Waals surface area contributed by atoms with E-state index in [0.29, 0.717) is 6.54 Å². The Kier molecular flexibility index (Phi) is 4.12. The first-order chi connectivity index (χ1) is 8.97. The molecule has 0 saturated carbocycles. The minimum atomic E-state index is -0.0823. The van der Waals surface area contributed by atoms with Crippen LogP contribution in [0.25, 0.3) is 0 Å². The molecule has 2 aromatic rings. The van der Waals surface area contributed by atoms with Crippen molar-refractivity contribution in [2.24, 2.45) is 0 Å². The van der Waals surface area contributed by atoms with Crippen LogP contribution in [0, 0.1) is 13.8 Å². The summed E-state index contributed by atoms with van der Waals surface area (Å²) in [6.45, 7) is 7.04. The van der Waals surface area contributed by atoms with Gasteiger partial charge >= 0.3 is 0 Å². The summed E-state index contributed by atoms with van der Waals surface area (Å²) in [5, 5.41) is 22.2. The number of rotatable bonds is 4. The van der Waals surface area contributed by atoms with Gasteiger partial charge in [-0.15, -0.1) is 11.3 Å². The first kappa shape index (κ1) is 13.9. The van der Waals surface area contributed by atoms with Crippen LogP contribution in [0.4, 0.5) is 0 Å². The second-order valence-corrected chi connectivity index (χ2v) is 6.25. The first-order valence-electron chi connectivity index (χ1n) is 6.28. The summed E-state index contributed by atoms with van der Waals surface area (Å²) in [6.07, 6.45) is 0. The molecule has 0 amide bonds. The van der Waals surface area contributed by atoms with Crippen LogP contribution in [0.3, 0.4) is 0 Å². The Morgan fingerprint density at radius 2 is 1.89 bits per heavy atom. The van der Waals surface area contributed by atoms with E-state index >= 15 is 0 Å². The molecule has 4 heteroatoms. The van der Waals surface area contributed by atoms with Gasteiger partial charge in [0.2, 0.25) is 0 Å². The molecule has 0 fully saturated rings. The van der Waals surface area contributed by atoms with Crippen LogP contribution in [0.1, 0.15) is 33.8 Å². The summed E-state index contributed by atoms with van der Waals surface area (Å²) in [6, 6.07) is 7.38. The van der Waals surface area contributed by atoms with E-state index in [1.807, 2.05) is 11.3 Å². The van der Waals surface area contributed by atoms with E-state index in [-0.39, 0.29) is 17.5 Å². The SMILES string of the molecule is Cc1cc(C(C)NCc2ccc(O)c(O)c2)c(C)s1. The number of nitrogens with one attached hydrogen (secondary N) is 1. The topological polar surface area (TPSA) is 52.5 Å². The molecule has 1 aromatic heterocycles. The molecule has 19 heavy (non-hydrogen) atoms. The number of thiophene rings is 1. The fraction of sp³-hybridized carbons (Fsp3) is 0.333. The van der Waals surface area contributed by atoms with E-state index < -0.39 is 0 Å². The number of aromatic hydroxyl groups is 2. The molecule has 3 nitrogen and oxygen atoms in total. The van der Waals surface area contributed by atoms with Gasteiger partial charge in [-0.25, -0.2) is 0 Å². The zero-order chi connectivity index (χ0) is 14.0. The molecule has 1 atom stereocenters. The maximum atomic E-state index is 9.45. The number of phenols is 2. The third-order valence-corrected chi connectivity index (χ3v) is 4.18. The molecule has 102 valence electrons. The second kappa shape index (κ2) is 5.63. The van der Waals surface area contributed by atoms with Crippen molar-refractivity contribution in [3.8, 4) is 11.5 Å². The van der Waals surface area contributed by atoms with Crippen molar-refractivity contribution in [1.82, 2.24) is 5.32 Å². The molecule has 1 aromatic carbocycles. The predicted molar refractivity (Wildman–Crippen MR) is 78.8 cm³/mol. The fourth-order valence-electron chi connectivity index (χ4n) is 2.14. The van der Waals surface area contributed by atoms with Crippen LogP contribution in [-0.4, -0.2) is 10.2 Å². The summed E-state index contributed by atoms with van der Waals surface area (Å²) in [5.41, 5.74) is 2.28. The predicted octanol–water partition coefficient (Wildman–Crippen LogP) is 3.63. The molecular formula is C15H19NO2S. The number of benzene rings is 1. The van der Waals surface area contributed by atoms with Crippen LogP contribution in [0.5, 0.6) is 11.5 Å². The van der Waals surface area contributed by atoms with Crippen molar-refractivity contribution in [3.05, 3.63) is 45.1 Å². The maximum absolute atomic E-state index is 9.45. The van der Waals surface area contributed by atoms with Crippen LogP contribution < -0.4 is 5.32 Å². The van der Waals surface area contributed by atoms with Gasteiger partial charge in [-0.1, -0.05) is 6.07 Å². The van der Waals surface area contributed by atoms with Gasteiger partial charge in [-0.2, -0.15) is 0 Å². The zero-order valence-corrected chi connectivity index (χ0v) is 12.2. The molecule has 0 bridgehead atoms. The van der Waals surface area contributed by atoms with E-state index in [0.717, 1.165) is 5.56 Å². The lowest BCUT2D eigenvalue weighted by atomic mass is 10.1. The Bertz CT molecular complexity index is 578. The van der Waals surface area contributed by atoms with Crippen molar-refractivity contribution in [2.75, 3.05) is 0 Å². The average Bonchev–Trinajstić information content (AvgIpc) is 2.70. The molecule has 0 aliphatic rings. The lowest BCUT2D eigenvalue weighted by molar-refractivity contribution is 0.402. The third kappa shape index (κ3) is 3.28. The summed E-state index contributed by atoms with van der Waals surface area (Å²) in [5.74, 6) is -0.157. The second-order valence-electron chi connectivity index (χ2n) is 4.79. The molecular weight excluding hydrogens is 258 g/mol. The van der Waals surface area contributed by atoms with Gasteiger partial charge in [0, 0.05) is 22.3 Å². The Morgan fingerprint density at radius 1 is 1.16 bits per heavy atom. The molecule has 0 aliphatic heterocycles. The highest BCUT2D eigenvalue weighted by Crippen LogP contribution is 2.27. The van der Waals surface area contributed by atoms with Gasteiger partial charge < -0.3 is 15.5 Å². The van der Waals surface area contributed by atoms with Crippen molar-refractivity contribution < 1.29 is 10.2 Å². The van der Waals surface area contributed by atoms with Crippen LogP contribution in [-0.2, 0) is 6.54 Å². The molecule has 3 N–H and O–H groups in total. The minimum absolute atomic E-state index is 0.0745. The zero-order valence-electron chi connectivity index (χ0n) is 11.4. The highest BCUT2D eigenvalue weighted by atomic mass is 32.1. The minimum Gasteiger partial charge on any atom is -0.504 e. The number of aryl methyl sites for hydroxylation is 2. The molecule has 0 aliphatic carbocycles. The van der Waals surface area contributed by atoms with E-state index in [1.54, 1.807) is 12.1 Å². The van der Waals surface area contributed by atoms with Gasteiger partial charge in [-0.3, -0.25) is 0 Å². The van der Waals surface area contributed by atoms with Gasteiger partial charge in [0.05, 0.1) is 0 Å². The van der Waals surface area contributed by atoms with Crippen LogP contribution in [0.2, 0.25) is 0 Å². The van der Waals surface area contributed by atoms with E-state index in [2.05, 4.69) is 32.2 Å². The largest absolute Gasteiger partial charge is 0.504 e. The monoisotopic (exact) mass is 277 g/mol. The molecule has 0 radical (unpaired) electrons. The highest BCUT2D eigenvalue weighted by Gasteiger charge is 2.11. The lowest BCUT2D eigenvalue weighted by Gasteiger charge is -2.14. The smallest absolute Gasteiger partial charge is 0.157 e. The standard InChI is InChI=1S/C15H19NO2S/c1-9-6-13(11(3)19-9)10(2)16-8-12-4-5-14(17)15(18)7-12/h4-7,10,16-18H,8H2,1-3H3. The maximum Gasteiger partial charge on any atom is 0.157 e. The first-order valence-corrected chi connectivity index (χ1v) is 7.10. The Hall–Kier alpha value is -1.52. The number of hydrogen-bond donors (Lipinski definition) is 3. The molecule has 2 rings (SSSR count). The third-order valence-electron chi connectivity index (χ3n) is 3.20. The van der Waals surface area contributed by atoms with E-state index in [9.17, 15) is 10.2 Å². The summed E-state index contributed by atoms with van der Waals surface area (Å²) in [4.78, 5) is 2.66. The Labute approximate surface area is 117 Å². The number of phenolic OH excluding ortho intramolecular Hbond substituents is 2. The summed E-state index contributed by atoms with van der Waals surface area (Å²) in [7, 11) is 0. The van der Waals surface area contributed by atoms with Gasteiger partial charge in [0.1, 0.15) is 0 Å². The van der Waals surface area contributed by atoms with Gasteiger partial charge in [0.25, 0.3) is 0 Å². The quantitative estimate of drug-likeness (QED) is 0.748. The van der Waals surface area contributed by atoms with Crippen molar-refractivity contribution in [3.63, 3.8) is 0 Å². The molecule has 0 spiro atoms. The normalized spacial score (nSPS) is 12.6. The van der Waals surface area contributed by atoms with Gasteiger partial charge in [-0.05, 0) is 50.1 Å². The average molecular weight is 277 g/mol. The van der Waals surface area contributed by atoms with E-state index in [1.165, 1.54) is 21.4 Å². The highest BCUT2D eigenvalue weighted by molar-refractivity contribution is 7.12. The molecule has 0 saturated heterocycles. The van der Waals surface area contributed by atoms with Crippen molar-refractivity contribution >= 4 is 11.3 Å². The Morgan fingerprint density at radius 3 is 2.47 bits per heavy atom. The summed E-state index contributed by atoms with van der Waals surface area (Å²) >= 11 is 1.81. The fourth-order valence-corrected chi connectivity index (χ4v) is 3.16. The van der Waals surface area contributed by atoms with Crippen LogP contribution >= 0.6 is 11.3 Å². The van der Waals surface area contributed by atoms with Crippen LogP contribution in [0.15, 0.2) is 24.3 Å². The van der Waals surface area contributed by atoms with Gasteiger partial charge in [0.15, 0.2) is 11.5 Å².